The number of aromatic nitrogens is 5. The van der Waals surface area contributed by atoms with E-state index >= 15 is 0 Å². The SMILES string of the molecule is C[C@@]1(c2cc(F)cc(F)c2)C(=O)Nc2nc(-c3cn4ccnc4c(CCC(F)(F)F)n3)nc(N)c21. The molecule has 1 atom stereocenters. The number of benzene rings is 1. The molecule has 1 aromatic carbocycles. The lowest BCUT2D eigenvalue weighted by atomic mass is 9.77. The van der Waals surface area contributed by atoms with Crippen molar-refractivity contribution in [3.8, 4) is 11.5 Å². The first-order valence-electron chi connectivity index (χ1n) is 10.3. The van der Waals surface area contributed by atoms with Crippen LogP contribution < -0.4 is 11.1 Å². The molecule has 8 nitrogen and oxygen atoms in total. The average Bonchev–Trinajstić information content (AvgIpc) is 3.33. The van der Waals surface area contributed by atoms with Crippen molar-refractivity contribution in [3.63, 3.8) is 0 Å². The highest BCUT2D eigenvalue weighted by atomic mass is 19.4. The maximum atomic E-state index is 13.9. The van der Waals surface area contributed by atoms with E-state index < -0.39 is 42.0 Å². The van der Waals surface area contributed by atoms with Gasteiger partial charge in [-0.1, -0.05) is 0 Å². The number of nitrogens with one attached hydrogen (secondary N) is 1. The van der Waals surface area contributed by atoms with Crippen LogP contribution in [-0.2, 0) is 16.6 Å². The van der Waals surface area contributed by atoms with Crippen LogP contribution in [0.25, 0.3) is 17.2 Å². The molecule has 4 aromatic rings. The van der Waals surface area contributed by atoms with E-state index in [1.165, 1.54) is 29.9 Å². The van der Waals surface area contributed by atoms with Crippen molar-refractivity contribution in [1.29, 1.82) is 0 Å². The van der Waals surface area contributed by atoms with Gasteiger partial charge in [-0.2, -0.15) is 13.2 Å². The van der Waals surface area contributed by atoms with Gasteiger partial charge in [0.05, 0.1) is 11.3 Å². The summed E-state index contributed by atoms with van der Waals surface area (Å²) >= 11 is 0. The summed E-state index contributed by atoms with van der Waals surface area (Å²) < 4.78 is 67.7. The van der Waals surface area contributed by atoms with Crippen molar-refractivity contribution in [3.05, 3.63) is 65.2 Å². The summed E-state index contributed by atoms with van der Waals surface area (Å²) in [7, 11) is 0. The maximum Gasteiger partial charge on any atom is 0.389 e. The molecule has 1 amide bonds. The van der Waals surface area contributed by atoms with Gasteiger partial charge >= 0.3 is 6.18 Å². The predicted octanol–water partition coefficient (Wildman–Crippen LogP) is 3.80. The topological polar surface area (TPSA) is 111 Å². The maximum absolute atomic E-state index is 13.9. The molecule has 0 radical (unpaired) electrons. The van der Waals surface area contributed by atoms with E-state index in [0.717, 1.165) is 12.1 Å². The molecule has 3 N–H and O–H groups in total. The Balaban J connectivity index is 1.62. The van der Waals surface area contributed by atoms with E-state index in [0.29, 0.717) is 6.07 Å². The zero-order valence-corrected chi connectivity index (χ0v) is 18.0. The Morgan fingerprint density at radius 1 is 1.11 bits per heavy atom. The molecule has 4 heterocycles. The zero-order valence-electron chi connectivity index (χ0n) is 18.0. The van der Waals surface area contributed by atoms with Gasteiger partial charge in [0, 0.05) is 37.5 Å². The Morgan fingerprint density at radius 3 is 2.51 bits per heavy atom. The smallest absolute Gasteiger partial charge is 0.383 e. The molecule has 35 heavy (non-hydrogen) atoms. The van der Waals surface area contributed by atoms with Crippen LogP contribution in [0.1, 0.15) is 30.2 Å². The van der Waals surface area contributed by atoms with Gasteiger partial charge in [0.25, 0.3) is 0 Å². The fraction of sp³-hybridized carbons (Fsp3) is 0.227. The van der Waals surface area contributed by atoms with Crippen molar-refractivity contribution in [2.75, 3.05) is 11.1 Å². The van der Waals surface area contributed by atoms with Crippen molar-refractivity contribution < 1.29 is 26.7 Å². The number of amides is 1. The summed E-state index contributed by atoms with van der Waals surface area (Å²) in [4.78, 5) is 29.8. The molecular formula is C22H16F5N7O. The van der Waals surface area contributed by atoms with Gasteiger partial charge < -0.3 is 15.5 Å². The number of hydrogen-bond donors (Lipinski definition) is 2. The second-order valence-electron chi connectivity index (χ2n) is 8.24. The molecule has 0 fully saturated rings. The third-order valence-corrected chi connectivity index (χ3v) is 5.88. The van der Waals surface area contributed by atoms with E-state index in [4.69, 9.17) is 5.73 Å². The van der Waals surface area contributed by atoms with Crippen LogP contribution in [0.4, 0.5) is 33.6 Å². The number of rotatable bonds is 4. The van der Waals surface area contributed by atoms with Gasteiger partial charge in [0.2, 0.25) is 5.91 Å². The first-order valence-corrected chi connectivity index (χ1v) is 10.3. The molecule has 0 bridgehead atoms. The van der Waals surface area contributed by atoms with Crippen LogP contribution in [0.3, 0.4) is 0 Å². The van der Waals surface area contributed by atoms with Crippen LogP contribution in [0.5, 0.6) is 0 Å². The first-order chi connectivity index (χ1) is 16.5. The summed E-state index contributed by atoms with van der Waals surface area (Å²) in [6, 6.07) is 2.72. The minimum atomic E-state index is -4.39. The average molecular weight is 489 g/mol. The van der Waals surface area contributed by atoms with E-state index in [9.17, 15) is 26.7 Å². The number of carbonyl (C=O) groups excluding carboxylic acids is 1. The molecule has 0 aliphatic carbocycles. The number of halogens is 5. The standard InChI is InChI=1S/C22H16F5N7O/c1-21(10-6-11(23)8-12(24)7-10)15-16(28)31-17(32-18(15)33-20(21)35)14-9-34-5-4-29-19(34)13(30-14)2-3-22(25,26)27/h4-9H,2-3H2,1H3,(H3,28,31,32,33,35)/t21-/m0/s1. The number of hydrogen-bond acceptors (Lipinski definition) is 6. The molecule has 0 saturated carbocycles. The van der Waals surface area contributed by atoms with Crippen molar-refractivity contribution in [2.45, 2.75) is 31.4 Å². The number of nitrogens with zero attached hydrogens (tertiary/aromatic N) is 5. The lowest BCUT2D eigenvalue weighted by Crippen LogP contribution is -2.33. The molecule has 180 valence electrons. The summed E-state index contributed by atoms with van der Waals surface area (Å²) in [6.45, 7) is 1.44. The van der Waals surface area contributed by atoms with Crippen LogP contribution in [0.2, 0.25) is 0 Å². The highest BCUT2D eigenvalue weighted by molar-refractivity contribution is 6.09. The molecule has 0 unspecified atom stereocenters. The normalized spacial score (nSPS) is 17.6. The van der Waals surface area contributed by atoms with E-state index in [-0.39, 0.29) is 45.6 Å². The Labute approximate surface area is 194 Å². The highest BCUT2D eigenvalue weighted by Crippen LogP contribution is 2.45. The molecule has 1 aliphatic rings. The Hall–Kier alpha value is -4.16. The largest absolute Gasteiger partial charge is 0.389 e. The van der Waals surface area contributed by atoms with Gasteiger partial charge in [0.15, 0.2) is 11.5 Å². The van der Waals surface area contributed by atoms with Crippen LogP contribution in [-0.4, -0.2) is 36.4 Å². The van der Waals surface area contributed by atoms with E-state index in [1.807, 2.05) is 0 Å². The monoisotopic (exact) mass is 489 g/mol. The second-order valence-corrected chi connectivity index (χ2v) is 8.24. The van der Waals surface area contributed by atoms with Gasteiger partial charge in [-0.15, -0.1) is 0 Å². The minimum Gasteiger partial charge on any atom is -0.383 e. The second kappa shape index (κ2) is 7.68. The third kappa shape index (κ3) is 3.82. The fourth-order valence-electron chi connectivity index (χ4n) is 4.17. The lowest BCUT2D eigenvalue weighted by molar-refractivity contribution is -0.134. The zero-order chi connectivity index (χ0) is 25.1. The number of nitrogens with two attached hydrogens (primary N) is 1. The minimum absolute atomic E-state index is 0.00837. The Bertz CT molecular complexity index is 1480. The number of nitrogen functional groups attached to an aromatic ring is 1. The number of anilines is 2. The molecule has 5 rings (SSSR count). The van der Waals surface area contributed by atoms with Gasteiger partial charge in [-0.3, -0.25) is 4.79 Å². The lowest BCUT2D eigenvalue weighted by Gasteiger charge is -2.23. The van der Waals surface area contributed by atoms with E-state index in [1.54, 1.807) is 0 Å². The predicted molar refractivity (Wildman–Crippen MR) is 114 cm³/mol. The van der Waals surface area contributed by atoms with Crippen molar-refractivity contribution in [2.24, 2.45) is 0 Å². The first kappa shape index (κ1) is 22.6. The Morgan fingerprint density at radius 2 is 1.83 bits per heavy atom. The number of alkyl halides is 3. The third-order valence-electron chi connectivity index (χ3n) is 5.88. The summed E-state index contributed by atoms with van der Waals surface area (Å²) in [5, 5.41) is 2.56. The quantitative estimate of drug-likeness (QED) is 0.422. The number of aryl methyl sites for hydroxylation is 1. The fourth-order valence-corrected chi connectivity index (χ4v) is 4.17. The molecule has 3 aromatic heterocycles. The molecular weight excluding hydrogens is 473 g/mol. The summed E-state index contributed by atoms with van der Waals surface area (Å²) in [5.41, 5.74) is 5.17. The van der Waals surface area contributed by atoms with Gasteiger partial charge in [-0.05, 0) is 24.6 Å². The summed E-state index contributed by atoms with van der Waals surface area (Å²) in [5.74, 6) is -2.57. The molecule has 13 heteroatoms. The van der Waals surface area contributed by atoms with Crippen molar-refractivity contribution in [1.82, 2.24) is 24.3 Å². The molecule has 1 aliphatic heterocycles. The number of carbonyl (C=O) groups is 1. The number of imidazole rings is 1. The van der Waals surface area contributed by atoms with Gasteiger partial charge in [0.1, 0.15) is 34.4 Å². The summed E-state index contributed by atoms with van der Waals surface area (Å²) in [6.07, 6.45) is -1.49. The van der Waals surface area contributed by atoms with Crippen LogP contribution >= 0.6 is 0 Å². The molecule has 0 saturated heterocycles. The number of fused-ring (bicyclic) bond motifs is 2. The van der Waals surface area contributed by atoms with Crippen LogP contribution in [0, 0.1) is 11.6 Å². The van der Waals surface area contributed by atoms with Crippen molar-refractivity contribution >= 4 is 23.2 Å². The van der Waals surface area contributed by atoms with Crippen LogP contribution in [0.15, 0.2) is 36.8 Å². The molecule has 0 spiro atoms. The highest BCUT2D eigenvalue weighted by Gasteiger charge is 2.48. The van der Waals surface area contributed by atoms with E-state index in [2.05, 4.69) is 25.3 Å². The van der Waals surface area contributed by atoms with Gasteiger partial charge in [-0.25, -0.2) is 28.7 Å². The Kier molecular flexibility index (Phi) is 4.97.